The second-order valence-electron chi connectivity index (χ2n) is 12.1. The monoisotopic (exact) mass is 602 g/mol. The van der Waals surface area contributed by atoms with Crippen molar-refractivity contribution in [3.8, 4) is 11.1 Å². The molecular weight excluding hydrogens is 560 g/mol. The predicted molar refractivity (Wildman–Crippen MR) is 170 cm³/mol. The summed E-state index contributed by atoms with van der Waals surface area (Å²) in [5.41, 5.74) is 3.79. The van der Waals surface area contributed by atoms with Crippen molar-refractivity contribution in [2.75, 3.05) is 10.2 Å². The summed E-state index contributed by atoms with van der Waals surface area (Å²) >= 11 is 0. The molecule has 2 aromatic carbocycles. The molecule has 4 N–H and O–H groups in total. The molecule has 0 atom stereocenters. The van der Waals surface area contributed by atoms with Crippen molar-refractivity contribution in [2.45, 2.75) is 90.0 Å². The number of aliphatic hydroxyl groups is 1. The Morgan fingerprint density at radius 2 is 1.73 bits per heavy atom. The molecule has 1 saturated carbocycles. The Kier molecular flexibility index (Phi) is 10.9. The summed E-state index contributed by atoms with van der Waals surface area (Å²) < 4.78 is 5.39. The zero-order chi connectivity index (χ0) is 31.7. The Morgan fingerprint density at radius 1 is 1.00 bits per heavy atom. The number of carbonyl (C=O) groups is 3. The Labute approximate surface area is 258 Å². The average Bonchev–Trinajstić information content (AvgIpc) is 2.98. The molecule has 0 saturated heterocycles. The number of aryl methyl sites for hydroxylation is 1. The van der Waals surface area contributed by atoms with Crippen molar-refractivity contribution in [2.24, 2.45) is 0 Å². The fourth-order valence-electron chi connectivity index (χ4n) is 5.47. The lowest BCUT2D eigenvalue weighted by Gasteiger charge is -2.36. The van der Waals surface area contributed by atoms with Crippen LogP contribution in [0.5, 0.6) is 0 Å². The number of hydrogen-bond donors (Lipinski definition) is 4. The SMILES string of the molecule is CC(C)(C)OC(=O)N[C@H]1CC[C@H](N(C(=O)O)c2cc(CCCC(=O)Nc3ccc(CO)nc3)ccc2-c2ccccc2)CC1. The van der Waals surface area contributed by atoms with E-state index in [0.29, 0.717) is 55.6 Å². The fraction of sp³-hybridized carbons (Fsp3) is 0.412. The molecular formula is C34H42N4O6. The van der Waals surface area contributed by atoms with Gasteiger partial charge in [-0.05, 0) is 88.6 Å². The van der Waals surface area contributed by atoms with E-state index in [1.54, 1.807) is 12.1 Å². The van der Waals surface area contributed by atoms with Crippen LogP contribution in [0.3, 0.4) is 0 Å². The van der Waals surface area contributed by atoms with Crippen LogP contribution in [-0.4, -0.2) is 51.0 Å². The first-order chi connectivity index (χ1) is 21.0. The van der Waals surface area contributed by atoms with Crippen molar-refractivity contribution in [3.63, 3.8) is 0 Å². The number of carboxylic acid groups (broad SMARTS) is 1. The highest BCUT2D eigenvalue weighted by molar-refractivity contribution is 5.94. The van der Waals surface area contributed by atoms with Gasteiger partial charge in [0, 0.05) is 24.1 Å². The number of pyridine rings is 1. The van der Waals surface area contributed by atoms with E-state index in [0.717, 1.165) is 16.7 Å². The average molecular weight is 603 g/mol. The summed E-state index contributed by atoms with van der Waals surface area (Å²) in [5.74, 6) is -0.145. The number of carbonyl (C=O) groups excluding carboxylic acids is 2. The van der Waals surface area contributed by atoms with Crippen LogP contribution in [-0.2, 0) is 22.6 Å². The van der Waals surface area contributed by atoms with Crippen molar-refractivity contribution in [1.82, 2.24) is 10.3 Å². The maximum atomic E-state index is 12.8. The standard InChI is InChI=1S/C34H42N4O6/c1-34(2,3)44-32(41)37-25-15-17-28(18-16-25)38(33(42)43)30-20-23(12-19-29(30)24-9-5-4-6-10-24)8-7-11-31(40)36-26-13-14-27(22-39)35-21-26/h4-6,9-10,12-14,19-21,25,28,39H,7-8,11,15-18,22H2,1-3H3,(H,36,40)(H,37,41)(H,42,43)/t25-,28-. The van der Waals surface area contributed by atoms with Crippen molar-refractivity contribution < 1.29 is 29.3 Å². The molecule has 1 heterocycles. The molecule has 1 aromatic heterocycles. The van der Waals surface area contributed by atoms with Crippen LogP contribution in [0.15, 0.2) is 66.9 Å². The Morgan fingerprint density at radius 3 is 2.34 bits per heavy atom. The van der Waals surface area contributed by atoms with Gasteiger partial charge in [0.05, 0.1) is 29.9 Å². The number of alkyl carbamates (subject to hydrolysis) is 1. The second kappa shape index (κ2) is 14.8. The van der Waals surface area contributed by atoms with Crippen LogP contribution < -0.4 is 15.5 Å². The number of nitrogens with one attached hydrogen (secondary N) is 2. The summed E-state index contributed by atoms with van der Waals surface area (Å²) in [7, 11) is 0. The van der Waals surface area contributed by atoms with Gasteiger partial charge in [-0.3, -0.25) is 14.7 Å². The number of amides is 3. The van der Waals surface area contributed by atoms with E-state index in [-0.39, 0.29) is 31.0 Å². The minimum Gasteiger partial charge on any atom is -0.465 e. The topological polar surface area (TPSA) is 141 Å². The molecule has 0 unspecified atom stereocenters. The van der Waals surface area contributed by atoms with E-state index in [2.05, 4.69) is 15.6 Å². The quantitative estimate of drug-likeness (QED) is 0.207. The van der Waals surface area contributed by atoms with Crippen LogP contribution in [0.25, 0.3) is 11.1 Å². The van der Waals surface area contributed by atoms with E-state index >= 15 is 0 Å². The largest absolute Gasteiger partial charge is 0.465 e. The normalized spacial score (nSPS) is 16.5. The van der Waals surface area contributed by atoms with Gasteiger partial charge < -0.3 is 25.6 Å². The molecule has 1 aliphatic rings. The lowest BCUT2D eigenvalue weighted by atomic mass is 9.89. The zero-order valence-corrected chi connectivity index (χ0v) is 25.6. The van der Waals surface area contributed by atoms with Gasteiger partial charge in [-0.1, -0.05) is 42.5 Å². The maximum absolute atomic E-state index is 12.8. The van der Waals surface area contributed by atoms with Crippen LogP contribution in [0.4, 0.5) is 21.0 Å². The first kappa shape index (κ1) is 32.5. The first-order valence-corrected chi connectivity index (χ1v) is 15.1. The van der Waals surface area contributed by atoms with Crippen molar-refractivity contribution in [3.05, 3.63) is 78.1 Å². The molecule has 234 valence electrons. The summed E-state index contributed by atoms with van der Waals surface area (Å²) in [4.78, 5) is 43.1. The van der Waals surface area contributed by atoms with E-state index < -0.39 is 17.8 Å². The highest BCUT2D eigenvalue weighted by Crippen LogP contribution is 2.36. The Hall–Kier alpha value is -4.44. The molecule has 44 heavy (non-hydrogen) atoms. The highest BCUT2D eigenvalue weighted by atomic mass is 16.6. The molecule has 0 spiro atoms. The lowest BCUT2D eigenvalue weighted by molar-refractivity contribution is -0.116. The van der Waals surface area contributed by atoms with Crippen LogP contribution >= 0.6 is 0 Å². The third-order valence-electron chi connectivity index (χ3n) is 7.54. The van der Waals surface area contributed by atoms with E-state index in [9.17, 15) is 19.5 Å². The number of ether oxygens (including phenoxy) is 1. The van der Waals surface area contributed by atoms with Crippen molar-refractivity contribution in [1.29, 1.82) is 0 Å². The summed E-state index contributed by atoms with van der Waals surface area (Å²) in [5, 5.41) is 25.4. The molecule has 0 radical (unpaired) electrons. The summed E-state index contributed by atoms with van der Waals surface area (Å²) in [6.07, 6.45) is 3.96. The molecule has 1 aliphatic carbocycles. The Bertz CT molecular complexity index is 1410. The van der Waals surface area contributed by atoms with Gasteiger partial charge in [0.1, 0.15) is 5.60 Å². The number of rotatable bonds is 10. The predicted octanol–water partition coefficient (Wildman–Crippen LogP) is 6.52. The molecule has 1 fully saturated rings. The van der Waals surface area contributed by atoms with E-state index in [4.69, 9.17) is 9.84 Å². The van der Waals surface area contributed by atoms with E-state index in [1.165, 1.54) is 11.1 Å². The van der Waals surface area contributed by atoms with Gasteiger partial charge in [0.15, 0.2) is 0 Å². The third kappa shape index (κ3) is 9.28. The first-order valence-electron chi connectivity index (χ1n) is 15.1. The van der Waals surface area contributed by atoms with Gasteiger partial charge >= 0.3 is 12.2 Å². The zero-order valence-electron chi connectivity index (χ0n) is 25.6. The van der Waals surface area contributed by atoms with Gasteiger partial charge in [0.2, 0.25) is 5.91 Å². The van der Waals surface area contributed by atoms with Gasteiger partial charge in [-0.15, -0.1) is 0 Å². The minimum atomic E-state index is -1.02. The molecule has 10 heteroatoms. The van der Waals surface area contributed by atoms with Crippen molar-refractivity contribution >= 4 is 29.5 Å². The molecule has 0 bridgehead atoms. The molecule has 4 rings (SSSR count). The third-order valence-corrected chi connectivity index (χ3v) is 7.54. The number of anilines is 2. The maximum Gasteiger partial charge on any atom is 0.412 e. The summed E-state index contributed by atoms with van der Waals surface area (Å²) in [6.45, 7) is 5.29. The van der Waals surface area contributed by atoms with Gasteiger partial charge in [0.25, 0.3) is 0 Å². The number of nitrogens with zero attached hydrogens (tertiary/aromatic N) is 2. The second-order valence-corrected chi connectivity index (χ2v) is 12.1. The highest BCUT2D eigenvalue weighted by Gasteiger charge is 2.32. The minimum absolute atomic E-state index is 0.0776. The van der Waals surface area contributed by atoms with Crippen LogP contribution in [0, 0.1) is 0 Å². The van der Waals surface area contributed by atoms with Gasteiger partial charge in [-0.25, -0.2) is 9.59 Å². The molecule has 3 amide bonds. The molecule has 3 aromatic rings. The van der Waals surface area contributed by atoms with Crippen LogP contribution in [0.2, 0.25) is 0 Å². The number of aliphatic hydroxyl groups excluding tert-OH is 1. The fourth-order valence-corrected chi connectivity index (χ4v) is 5.47. The Balaban J connectivity index is 1.46. The number of benzene rings is 2. The van der Waals surface area contributed by atoms with E-state index in [1.807, 2.05) is 69.3 Å². The van der Waals surface area contributed by atoms with Gasteiger partial charge in [-0.2, -0.15) is 0 Å². The number of aromatic nitrogens is 1. The number of hydrogen-bond acceptors (Lipinski definition) is 6. The summed E-state index contributed by atoms with van der Waals surface area (Å²) in [6, 6.07) is 18.6. The van der Waals surface area contributed by atoms with Crippen LogP contribution in [0.1, 0.15) is 70.6 Å². The smallest absolute Gasteiger partial charge is 0.412 e. The molecule has 0 aliphatic heterocycles. The lowest BCUT2D eigenvalue weighted by Crippen LogP contribution is -2.47. The molecule has 10 nitrogen and oxygen atoms in total.